The molecule has 0 radical (unpaired) electrons. The van der Waals surface area contributed by atoms with Crippen LogP contribution in [0.25, 0.3) is 22.3 Å². The molecule has 156 valence electrons. The molecular formula is C26H22FNO3. The van der Waals surface area contributed by atoms with E-state index < -0.39 is 11.7 Å². The molecule has 31 heavy (non-hydrogen) atoms. The van der Waals surface area contributed by atoms with Crippen LogP contribution in [0, 0.1) is 5.82 Å². The van der Waals surface area contributed by atoms with Crippen LogP contribution in [-0.4, -0.2) is 5.91 Å². The summed E-state index contributed by atoms with van der Waals surface area (Å²) in [6.45, 7) is 6.43. The van der Waals surface area contributed by atoms with Crippen LogP contribution in [-0.2, 0) is 5.41 Å². The lowest BCUT2D eigenvalue weighted by atomic mass is 9.86. The lowest BCUT2D eigenvalue weighted by Crippen LogP contribution is -2.12. The van der Waals surface area contributed by atoms with Gasteiger partial charge < -0.3 is 9.73 Å². The van der Waals surface area contributed by atoms with Gasteiger partial charge in [0.1, 0.15) is 17.2 Å². The molecule has 0 spiro atoms. The molecule has 0 saturated carbocycles. The molecule has 0 saturated heterocycles. The molecule has 0 bridgehead atoms. The molecule has 0 aliphatic carbocycles. The van der Waals surface area contributed by atoms with E-state index in [1.165, 1.54) is 29.8 Å². The molecule has 4 aromatic rings. The van der Waals surface area contributed by atoms with Crippen LogP contribution in [0.3, 0.4) is 0 Å². The molecule has 1 heterocycles. The Morgan fingerprint density at radius 2 is 1.68 bits per heavy atom. The van der Waals surface area contributed by atoms with E-state index in [9.17, 15) is 14.0 Å². The van der Waals surface area contributed by atoms with Gasteiger partial charge in [0.2, 0.25) is 0 Å². The lowest BCUT2D eigenvalue weighted by Gasteiger charge is -2.19. The van der Waals surface area contributed by atoms with Crippen molar-refractivity contribution < 1.29 is 13.6 Å². The highest BCUT2D eigenvalue weighted by atomic mass is 19.1. The van der Waals surface area contributed by atoms with Crippen molar-refractivity contribution in [3.8, 4) is 11.3 Å². The number of benzene rings is 3. The third kappa shape index (κ3) is 4.40. The fraction of sp³-hybridized carbons (Fsp3) is 0.154. The largest absolute Gasteiger partial charge is 0.456 e. The van der Waals surface area contributed by atoms with Crippen LogP contribution in [0.2, 0.25) is 0 Å². The summed E-state index contributed by atoms with van der Waals surface area (Å²) in [5.41, 5.74) is 2.88. The van der Waals surface area contributed by atoms with Crippen LogP contribution in [0.5, 0.6) is 0 Å². The SMILES string of the molecule is CC(C)(C)c1ccc(-c2cc(=O)c3cc(NC(=O)c4cccc(F)c4)ccc3o2)cc1. The van der Waals surface area contributed by atoms with Crippen molar-refractivity contribution in [3.63, 3.8) is 0 Å². The topological polar surface area (TPSA) is 59.3 Å². The van der Waals surface area contributed by atoms with Gasteiger partial charge in [-0.15, -0.1) is 0 Å². The first kappa shape index (κ1) is 20.5. The predicted molar refractivity (Wildman–Crippen MR) is 121 cm³/mol. The van der Waals surface area contributed by atoms with E-state index in [4.69, 9.17) is 4.42 Å². The van der Waals surface area contributed by atoms with E-state index in [1.54, 1.807) is 18.2 Å². The molecule has 0 aliphatic heterocycles. The predicted octanol–water partition coefficient (Wildman–Crippen LogP) is 6.15. The molecule has 0 atom stereocenters. The van der Waals surface area contributed by atoms with Crippen molar-refractivity contribution in [1.29, 1.82) is 0 Å². The Balaban J connectivity index is 1.64. The fourth-order valence-electron chi connectivity index (χ4n) is 3.34. The highest BCUT2D eigenvalue weighted by Gasteiger charge is 2.14. The van der Waals surface area contributed by atoms with E-state index in [0.717, 1.165) is 11.6 Å². The molecule has 4 rings (SSSR count). The minimum absolute atomic E-state index is 0.0368. The second-order valence-corrected chi connectivity index (χ2v) is 8.48. The van der Waals surface area contributed by atoms with Crippen LogP contribution in [0.1, 0.15) is 36.7 Å². The lowest BCUT2D eigenvalue weighted by molar-refractivity contribution is 0.102. The van der Waals surface area contributed by atoms with Crippen molar-refractivity contribution in [1.82, 2.24) is 0 Å². The molecule has 1 N–H and O–H groups in total. The van der Waals surface area contributed by atoms with E-state index >= 15 is 0 Å². The van der Waals surface area contributed by atoms with Gasteiger partial charge in [0, 0.05) is 22.9 Å². The summed E-state index contributed by atoms with van der Waals surface area (Å²) in [4.78, 5) is 25.1. The van der Waals surface area contributed by atoms with Gasteiger partial charge in [-0.3, -0.25) is 9.59 Å². The number of nitrogens with one attached hydrogen (secondary N) is 1. The number of fused-ring (bicyclic) bond motifs is 1. The highest BCUT2D eigenvalue weighted by molar-refractivity contribution is 6.05. The number of halogens is 1. The Morgan fingerprint density at radius 3 is 2.35 bits per heavy atom. The number of hydrogen-bond acceptors (Lipinski definition) is 3. The van der Waals surface area contributed by atoms with Gasteiger partial charge in [-0.25, -0.2) is 4.39 Å². The average molecular weight is 415 g/mol. The normalized spacial score (nSPS) is 11.5. The van der Waals surface area contributed by atoms with E-state index in [2.05, 4.69) is 26.1 Å². The van der Waals surface area contributed by atoms with E-state index in [0.29, 0.717) is 22.4 Å². The van der Waals surface area contributed by atoms with Crippen molar-refractivity contribution in [2.45, 2.75) is 26.2 Å². The zero-order valence-corrected chi connectivity index (χ0v) is 17.5. The maximum atomic E-state index is 13.4. The van der Waals surface area contributed by atoms with Crippen LogP contribution < -0.4 is 10.7 Å². The summed E-state index contributed by atoms with van der Waals surface area (Å²) in [6, 6.07) is 19.7. The van der Waals surface area contributed by atoms with Crippen molar-refractivity contribution in [2.24, 2.45) is 0 Å². The van der Waals surface area contributed by atoms with Crippen molar-refractivity contribution in [2.75, 3.05) is 5.32 Å². The summed E-state index contributed by atoms with van der Waals surface area (Å²) >= 11 is 0. The summed E-state index contributed by atoms with van der Waals surface area (Å²) in [7, 11) is 0. The summed E-state index contributed by atoms with van der Waals surface area (Å²) in [6.07, 6.45) is 0. The zero-order valence-electron chi connectivity index (χ0n) is 17.5. The number of carbonyl (C=O) groups is 1. The van der Waals surface area contributed by atoms with Gasteiger partial charge in [-0.2, -0.15) is 0 Å². The smallest absolute Gasteiger partial charge is 0.255 e. The molecule has 4 nitrogen and oxygen atoms in total. The summed E-state index contributed by atoms with van der Waals surface area (Å²) in [5.74, 6) is -0.469. The van der Waals surface area contributed by atoms with Gasteiger partial charge in [0.05, 0.1) is 5.39 Å². The first-order valence-electron chi connectivity index (χ1n) is 9.96. The molecule has 3 aromatic carbocycles. The number of rotatable bonds is 3. The average Bonchev–Trinajstić information content (AvgIpc) is 2.73. The minimum atomic E-state index is -0.491. The molecule has 0 unspecified atom stereocenters. The maximum Gasteiger partial charge on any atom is 0.255 e. The van der Waals surface area contributed by atoms with Gasteiger partial charge in [0.25, 0.3) is 5.91 Å². The van der Waals surface area contributed by atoms with Gasteiger partial charge >= 0.3 is 0 Å². The van der Waals surface area contributed by atoms with Crippen LogP contribution in [0.15, 0.2) is 82.0 Å². The fourth-order valence-corrected chi connectivity index (χ4v) is 3.34. The second kappa shape index (κ2) is 7.84. The van der Waals surface area contributed by atoms with E-state index in [-0.39, 0.29) is 16.4 Å². The molecule has 1 aromatic heterocycles. The van der Waals surface area contributed by atoms with Crippen molar-refractivity contribution >= 4 is 22.6 Å². The summed E-state index contributed by atoms with van der Waals surface area (Å²) < 4.78 is 19.3. The summed E-state index contributed by atoms with van der Waals surface area (Å²) in [5, 5.41) is 3.04. The third-order valence-electron chi connectivity index (χ3n) is 5.11. The van der Waals surface area contributed by atoms with Gasteiger partial charge in [-0.05, 0) is 47.4 Å². The second-order valence-electron chi connectivity index (χ2n) is 8.48. The molecule has 0 aliphatic rings. The molecule has 5 heteroatoms. The first-order chi connectivity index (χ1) is 14.7. The van der Waals surface area contributed by atoms with Crippen LogP contribution in [0.4, 0.5) is 10.1 Å². The molecular weight excluding hydrogens is 393 g/mol. The number of anilines is 1. The Morgan fingerprint density at radius 1 is 0.935 bits per heavy atom. The molecule has 0 fully saturated rings. The Labute approximate surface area is 179 Å². The van der Waals surface area contributed by atoms with Gasteiger partial charge in [0.15, 0.2) is 5.43 Å². The monoisotopic (exact) mass is 415 g/mol. The zero-order chi connectivity index (χ0) is 22.2. The highest BCUT2D eigenvalue weighted by Crippen LogP contribution is 2.28. The number of carbonyl (C=O) groups excluding carboxylic acids is 1. The van der Waals surface area contributed by atoms with Crippen LogP contribution >= 0.6 is 0 Å². The van der Waals surface area contributed by atoms with Crippen molar-refractivity contribution in [3.05, 3.63) is 100.0 Å². The minimum Gasteiger partial charge on any atom is -0.456 e. The maximum absolute atomic E-state index is 13.4. The first-order valence-corrected chi connectivity index (χ1v) is 9.96. The Kier molecular flexibility index (Phi) is 5.19. The molecule has 1 amide bonds. The van der Waals surface area contributed by atoms with Gasteiger partial charge in [-0.1, -0.05) is 51.1 Å². The third-order valence-corrected chi connectivity index (χ3v) is 5.11. The Bertz CT molecular complexity index is 1330. The number of amides is 1. The standard InChI is InChI=1S/C26H22FNO3/c1-26(2,3)18-9-7-16(8-10-18)24-15-22(29)21-14-20(11-12-23(21)31-24)28-25(30)17-5-4-6-19(27)13-17/h4-15H,1-3H3,(H,28,30). The Hall–Kier alpha value is -3.73. The quantitative estimate of drug-likeness (QED) is 0.437. The number of hydrogen-bond donors (Lipinski definition) is 1. The van der Waals surface area contributed by atoms with E-state index in [1.807, 2.05) is 24.3 Å².